The first-order valence-corrected chi connectivity index (χ1v) is 7.42. The molecule has 108 valence electrons. The molecule has 0 spiro atoms. The van der Waals surface area contributed by atoms with E-state index in [1.165, 1.54) is 24.2 Å². The molecule has 2 aromatic heterocycles. The van der Waals surface area contributed by atoms with E-state index in [0.29, 0.717) is 5.56 Å². The molecule has 0 saturated carbocycles. The van der Waals surface area contributed by atoms with Crippen LogP contribution < -0.4 is 0 Å². The normalized spacial score (nSPS) is 10.2. The second-order valence-electron chi connectivity index (χ2n) is 3.93. The molecule has 2 rings (SSSR count). The van der Waals surface area contributed by atoms with Crippen LogP contribution in [0.4, 0.5) is 0 Å². The van der Waals surface area contributed by atoms with Gasteiger partial charge in [-0.25, -0.2) is 19.7 Å². The summed E-state index contributed by atoms with van der Waals surface area (Å²) in [7, 11) is 0. The summed E-state index contributed by atoms with van der Waals surface area (Å²) in [6.07, 6.45) is 6.01. The van der Waals surface area contributed by atoms with Gasteiger partial charge < -0.3 is 4.74 Å². The second kappa shape index (κ2) is 6.94. The molecule has 0 aliphatic carbocycles. The summed E-state index contributed by atoms with van der Waals surface area (Å²) in [6.45, 7) is 1.98. The molecule has 0 fully saturated rings. The Bertz CT molecular complexity index is 659. The van der Waals surface area contributed by atoms with Gasteiger partial charge in [0, 0.05) is 24.2 Å². The monoisotopic (exact) mass is 303 g/mol. The maximum Gasteiger partial charge on any atom is 0.341 e. The Balaban J connectivity index is 2.21. The molecule has 0 amide bonds. The zero-order valence-electron chi connectivity index (χ0n) is 11.6. The van der Waals surface area contributed by atoms with Crippen LogP contribution in [-0.4, -0.2) is 39.6 Å². The van der Waals surface area contributed by atoms with E-state index in [-0.39, 0.29) is 23.8 Å². The number of ether oxygens (including phenoxy) is 1. The van der Waals surface area contributed by atoms with Crippen LogP contribution in [0.5, 0.6) is 0 Å². The highest BCUT2D eigenvalue weighted by Gasteiger charge is 2.15. The number of carbonyl (C=O) groups excluding carboxylic acids is 2. The van der Waals surface area contributed by atoms with E-state index in [2.05, 4.69) is 15.0 Å². The average molecular weight is 303 g/mol. The summed E-state index contributed by atoms with van der Waals surface area (Å²) in [4.78, 5) is 35.7. The van der Waals surface area contributed by atoms with E-state index < -0.39 is 5.97 Å². The van der Waals surface area contributed by atoms with E-state index in [9.17, 15) is 9.59 Å². The molecule has 21 heavy (non-hydrogen) atoms. The number of hydrogen-bond donors (Lipinski definition) is 0. The van der Waals surface area contributed by atoms with E-state index in [4.69, 9.17) is 4.74 Å². The van der Waals surface area contributed by atoms with Gasteiger partial charge in [-0.1, -0.05) is 0 Å². The molecule has 6 nitrogen and oxygen atoms in total. The van der Waals surface area contributed by atoms with Gasteiger partial charge in [0.05, 0.1) is 17.2 Å². The van der Waals surface area contributed by atoms with Crippen molar-refractivity contribution in [2.24, 2.45) is 0 Å². The van der Waals surface area contributed by atoms with Crippen molar-refractivity contribution in [3.05, 3.63) is 47.7 Å². The van der Waals surface area contributed by atoms with Gasteiger partial charge in [0.25, 0.3) is 0 Å². The van der Waals surface area contributed by atoms with E-state index in [1.807, 2.05) is 6.26 Å². The number of ketones is 1. The number of rotatable bonds is 5. The topological polar surface area (TPSA) is 82.0 Å². The van der Waals surface area contributed by atoms with Gasteiger partial charge in [0.15, 0.2) is 0 Å². The van der Waals surface area contributed by atoms with Crippen LogP contribution >= 0.6 is 11.8 Å². The summed E-state index contributed by atoms with van der Waals surface area (Å²) in [5, 5.41) is 0.740. The molecule has 7 heteroatoms. The molecule has 0 N–H and O–H groups in total. The van der Waals surface area contributed by atoms with Crippen LogP contribution in [0, 0.1) is 0 Å². The fraction of sp³-hybridized carbons (Fsp3) is 0.214. The van der Waals surface area contributed by atoms with Crippen LogP contribution in [0.1, 0.15) is 33.5 Å². The lowest BCUT2D eigenvalue weighted by molar-refractivity contribution is 0.0525. The fourth-order valence-corrected chi connectivity index (χ4v) is 1.97. The van der Waals surface area contributed by atoms with Crippen molar-refractivity contribution in [3.8, 4) is 0 Å². The standard InChI is InChI=1S/C14H13N3O3S/c1-3-20-14(19)10-7-16-13(17-8-10)12(18)9-4-5-15-11(6-9)21-2/h4-8H,3H2,1-2H3. The Morgan fingerprint density at radius 2 is 1.90 bits per heavy atom. The molecule has 0 saturated heterocycles. The van der Waals surface area contributed by atoms with E-state index in [1.54, 1.807) is 25.3 Å². The summed E-state index contributed by atoms with van der Waals surface area (Å²) < 4.78 is 4.83. The largest absolute Gasteiger partial charge is 0.462 e. The summed E-state index contributed by atoms with van der Waals surface area (Å²) in [5.41, 5.74) is 0.672. The Morgan fingerprint density at radius 3 is 2.52 bits per heavy atom. The highest BCUT2D eigenvalue weighted by atomic mass is 32.2. The van der Waals surface area contributed by atoms with Gasteiger partial charge in [0.2, 0.25) is 11.6 Å². The number of hydrogen-bond acceptors (Lipinski definition) is 7. The van der Waals surface area contributed by atoms with Gasteiger partial charge in [-0.2, -0.15) is 0 Å². The van der Waals surface area contributed by atoms with Crippen molar-refractivity contribution in [2.45, 2.75) is 11.9 Å². The van der Waals surface area contributed by atoms with Crippen molar-refractivity contribution in [1.82, 2.24) is 15.0 Å². The van der Waals surface area contributed by atoms with Gasteiger partial charge >= 0.3 is 5.97 Å². The minimum Gasteiger partial charge on any atom is -0.462 e. The third-order valence-corrected chi connectivity index (χ3v) is 3.21. The predicted molar refractivity (Wildman–Crippen MR) is 77.4 cm³/mol. The van der Waals surface area contributed by atoms with Crippen LogP contribution in [0.2, 0.25) is 0 Å². The van der Waals surface area contributed by atoms with Gasteiger partial charge in [0.1, 0.15) is 0 Å². The summed E-state index contributed by atoms with van der Waals surface area (Å²) in [6, 6.07) is 3.28. The smallest absolute Gasteiger partial charge is 0.341 e. The van der Waals surface area contributed by atoms with Crippen molar-refractivity contribution in [1.29, 1.82) is 0 Å². The third-order valence-electron chi connectivity index (χ3n) is 2.57. The number of esters is 1. The first-order chi connectivity index (χ1) is 10.2. The number of aromatic nitrogens is 3. The molecule has 0 aliphatic rings. The molecular formula is C14H13N3O3S. The van der Waals surface area contributed by atoms with Crippen molar-refractivity contribution >= 4 is 23.5 Å². The Kier molecular flexibility index (Phi) is 4.99. The molecule has 0 unspecified atom stereocenters. The fourth-order valence-electron chi connectivity index (χ4n) is 1.56. The lowest BCUT2D eigenvalue weighted by Crippen LogP contribution is -2.11. The molecule has 0 bridgehead atoms. The van der Waals surface area contributed by atoms with Gasteiger partial charge in [-0.05, 0) is 25.3 Å². The maximum atomic E-state index is 12.2. The van der Waals surface area contributed by atoms with Crippen LogP contribution in [0.15, 0.2) is 35.7 Å². The summed E-state index contributed by atoms with van der Waals surface area (Å²) >= 11 is 1.44. The van der Waals surface area contributed by atoms with Gasteiger partial charge in [-0.15, -0.1) is 11.8 Å². The lowest BCUT2D eigenvalue weighted by Gasteiger charge is -2.03. The quantitative estimate of drug-likeness (QED) is 0.474. The first kappa shape index (κ1) is 15.1. The van der Waals surface area contributed by atoms with Crippen molar-refractivity contribution in [3.63, 3.8) is 0 Å². The number of pyridine rings is 1. The van der Waals surface area contributed by atoms with Crippen LogP contribution in [-0.2, 0) is 4.74 Å². The molecule has 2 aromatic rings. The van der Waals surface area contributed by atoms with Crippen LogP contribution in [0.3, 0.4) is 0 Å². The van der Waals surface area contributed by atoms with Crippen molar-refractivity contribution < 1.29 is 14.3 Å². The number of nitrogens with zero attached hydrogens (tertiary/aromatic N) is 3. The van der Waals surface area contributed by atoms with Crippen molar-refractivity contribution in [2.75, 3.05) is 12.9 Å². The molecule has 0 atom stereocenters. The number of carbonyl (C=O) groups is 2. The zero-order valence-corrected chi connectivity index (χ0v) is 12.4. The lowest BCUT2D eigenvalue weighted by atomic mass is 10.1. The molecule has 0 radical (unpaired) electrons. The molecular weight excluding hydrogens is 290 g/mol. The van der Waals surface area contributed by atoms with E-state index >= 15 is 0 Å². The minimum atomic E-state index is -0.509. The Labute approximate surface area is 126 Å². The highest BCUT2D eigenvalue weighted by Crippen LogP contribution is 2.14. The van der Waals surface area contributed by atoms with Gasteiger partial charge in [-0.3, -0.25) is 4.79 Å². The first-order valence-electron chi connectivity index (χ1n) is 6.19. The molecule has 0 aliphatic heterocycles. The molecule has 0 aromatic carbocycles. The number of thioether (sulfide) groups is 1. The minimum absolute atomic E-state index is 0.0290. The second-order valence-corrected chi connectivity index (χ2v) is 4.76. The Hall–Kier alpha value is -2.28. The SMILES string of the molecule is CCOC(=O)c1cnc(C(=O)c2ccnc(SC)c2)nc1. The Morgan fingerprint density at radius 1 is 1.19 bits per heavy atom. The zero-order chi connectivity index (χ0) is 15.2. The molecule has 2 heterocycles. The predicted octanol–water partition coefficient (Wildman–Crippen LogP) is 2.00. The maximum absolute atomic E-state index is 12.2. The van der Waals surface area contributed by atoms with Crippen LogP contribution in [0.25, 0.3) is 0 Å². The van der Waals surface area contributed by atoms with E-state index in [0.717, 1.165) is 5.03 Å². The summed E-state index contributed by atoms with van der Waals surface area (Å²) in [5.74, 6) is -0.797. The highest BCUT2D eigenvalue weighted by molar-refractivity contribution is 7.98. The third kappa shape index (κ3) is 3.63. The average Bonchev–Trinajstić information content (AvgIpc) is 2.54.